The van der Waals surface area contributed by atoms with E-state index < -0.39 is 0 Å². The SMILES string of the molecule is C=C(CCCC(=O)C(=N)Cc1ccccc1)c1ccccn1.CC.[HH]. The van der Waals surface area contributed by atoms with Crippen LogP contribution in [0.5, 0.6) is 0 Å². The van der Waals surface area contributed by atoms with Crippen LogP contribution in [0.4, 0.5) is 0 Å². The first kappa shape index (κ1) is 19.5. The van der Waals surface area contributed by atoms with Crippen molar-refractivity contribution in [3.63, 3.8) is 0 Å². The molecular formula is C21H28N2O. The molecule has 0 aliphatic rings. The summed E-state index contributed by atoms with van der Waals surface area (Å²) >= 11 is 0. The number of carbonyl (C=O) groups is 1. The summed E-state index contributed by atoms with van der Waals surface area (Å²) in [6, 6.07) is 15.3. The predicted octanol–water partition coefficient (Wildman–Crippen LogP) is 5.37. The Hall–Kier alpha value is -2.55. The van der Waals surface area contributed by atoms with Gasteiger partial charge in [-0.1, -0.05) is 56.8 Å². The van der Waals surface area contributed by atoms with Crippen molar-refractivity contribution in [3.8, 4) is 0 Å². The van der Waals surface area contributed by atoms with Crippen LogP contribution in [0.1, 0.15) is 45.8 Å². The second kappa shape index (κ2) is 11.1. The molecule has 0 atom stereocenters. The molecule has 1 heterocycles. The summed E-state index contributed by atoms with van der Waals surface area (Å²) in [6.07, 6.45) is 3.95. The van der Waals surface area contributed by atoms with Crippen LogP contribution in [-0.2, 0) is 11.2 Å². The van der Waals surface area contributed by atoms with E-state index in [9.17, 15) is 4.79 Å². The third-order valence-corrected chi connectivity index (χ3v) is 3.47. The molecule has 0 saturated carbocycles. The Morgan fingerprint density at radius 1 is 1.08 bits per heavy atom. The van der Waals surface area contributed by atoms with Crippen LogP contribution in [0.15, 0.2) is 61.3 Å². The Morgan fingerprint density at radius 2 is 1.75 bits per heavy atom. The molecule has 0 fully saturated rings. The zero-order valence-electron chi connectivity index (χ0n) is 14.6. The minimum Gasteiger partial charge on any atom is -0.301 e. The van der Waals surface area contributed by atoms with Crippen LogP contribution in [-0.4, -0.2) is 16.5 Å². The van der Waals surface area contributed by atoms with Gasteiger partial charge < -0.3 is 5.41 Å². The lowest BCUT2D eigenvalue weighted by atomic mass is 10.00. The van der Waals surface area contributed by atoms with Crippen molar-refractivity contribution in [1.29, 1.82) is 5.41 Å². The maximum absolute atomic E-state index is 12.0. The Kier molecular flexibility index (Phi) is 8.98. The van der Waals surface area contributed by atoms with Crippen LogP contribution in [0.2, 0.25) is 0 Å². The predicted molar refractivity (Wildman–Crippen MR) is 103 cm³/mol. The van der Waals surface area contributed by atoms with Crippen molar-refractivity contribution in [2.75, 3.05) is 0 Å². The number of carbonyl (C=O) groups excluding carboxylic acids is 1. The van der Waals surface area contributed by atoms with Gasteiger partial charge >= 0.3 is 0 Å². The summed E-state index contributed by atoms with van der Waals surface area (Å²) < 4.78 is 0. The number of Topliss-reactive ketones (excluding diaryl/α,β-unsaturated/α-hetero) is 1. The molecule has 128 valence electrons. The number of pyridine rings is 1. The highest BCUT2D eigenvalue weighted by Crippen LogP contribution is 2.16. The average Bonchev–Trinajstić information content (AvgIpc) is 2.64. The lowest BCUT2D eigenvalue weighted by Gasteiger charge is -2.06. The quantitative estimate of drug-likeness (QED) is 0.664. The number of ketones is 1. The van der Waals surface area contributed by atoms with Crippen LogP contribution in [0.25, 0.3) is 5.57 Å². The molecule has 1 aromatic carbocycles. The normalized spacial score (nSPS) is 9.58. The molecule has 0 amide bonds. The van der Waals surface area contributed by atoms with Gasteiger partial charge in [-0.05, 0) is 36.1 Å². The fourth-order valence-electron chi connectivity index (χ4n) is 2.21. The van der Waals surface area contributed by atoms with E-state index in [0.717, 1.165) is 23.3 Å². The van der Waals surface area contributed by atoms with Crippen molar-refractivity contribution >= 4 is 17.1 Å². The van der Waals surface area contributed by atoms with Gasteiger partial charge in [0.1, 0.15) is 0 Å². The third kappa shape index (κ3) is 6.69. The molecule has 3 nitrogen and oxygen atoms in total. The standard InChI is InChI=1S/C19H20N2O.C2H6.H2/c1-15(18-11-5-6-13-21-18)8-7-12-19(22)17(20)14-16-9-3-2-4-10-16;1-2;/h2-6,9-11,13,20H,1,7-8,12,14H2;1-2H3;1H. The molecule has 2 rings (SSSR count). The molecule has 0 radical (unpaired) electrons. The fourth-order valence-corrected chi connectivity index (χ4v) is 2.21. The Bertz CT molecular complexity index is 654. The van der Waals surface area contributed by atoms with Crippen molar-refractivity contribution in [2.45, 2.75) is 39.5 Å². The first-order valence-corrected chi connectivity index (χ1v) is 8.40. The van der Waals surface area contributed by atoms with E-state index in [1.807, 2.05) is 62.4 Å². The van der Waals surface area contributed by atoms with E-state index >= 15 is 0 Å². The topological polar surface area (TPSA) is 53.8 Å². The number of nitrogens with zero attached hydrogens (tertiary/aromatic N) is 1. The molecule has 0 spiro atoms. The van der Waals surface area contributed by atoms with E-state index in [1.165, 1.54) is 0 Å². The summed E-state index contributed by atoms with van der Waals surface area (Å²) in [4.78, 5) is 16.2. The van der Waals surface area contributed by atoms with Gasteiger partial charge in [-0.3, -0.25) is 9.78 Å². The Balaban J connectivity index is 0.00000185. The highest BCUT2D eigenvalue weighted by Gasteiger charge is 2.10. The van der Waals surface area contributed by atoms with Crippen LogP contribution >= 0.6 is 0 Å². The van der Waals surface area contributed by atoms with Crippen molar-refractivity contribution in [2.24, 2.45) is 0 Å². The van der Waals surface area contributed by atoms with Gasteiger partial charge in [0.25, 0.3) is 0 Å². The number of benzene rings is 1. The van der Waals surface area contributed by atoms with Crippen LogP contribution in [0, 0.1) is 5.41 Å². The van der Waals surface area contributed by atoms with Crippen molar-refractivity contribution in [1.82, 2.24) is 4.98 Å². The van der Waals surface area contributed by atoms with Gasteiger partial charge in [0.2, 0.25) is 0 Å². The first-order chi connectivity index (χ1) is 11.7. The van der Waals surface area contributed by atoms with Crippen molar-refractivity contribution in [3.05, 3.63) is 72.6 Å². The van der Waals surface area contributed by atoms with Gasteiger partial charge in [0.15, 0.2) is 5.78 Å². The molecule has 0 saturated heterocycles. The second-order valence-corrected chi connectivity index (χ2v) is 5.24. The van der Waals surface area contributed by atoms with E-state index in [4.69, 9.17) is 5.41 Å². The minimum absolute atomic E-state index is 0. The zero-order valence-corrected chi connectivity index (χ0v) is 14.6. The number of hydrogen-bond acceptors (Lipinski definition) is 3. The fraction of sp³-hybridized carbons (Fsp3) is 0.286. The summed E-state index contributed by atoms with van der Waals surface area (Å²) in [5.74, 6) is -0.0855. The summed E-state index contributed by atoms with van der Waals surface area (Å²) in [5, 5.41) is 7.90. The zero-order chi connectivity index (χ0) is 17.8. The molecular weight excluding hydrogens is 296 g/mol. The minimum atomic E-state index is -0.0855. The highest BCUT2D eigenvalue weighted by atomic mass is 16.1. The largest absolute Gasteiger partial charge is 0.301 e. The molecule has 0 aliphatic heterocycles. The van der Waals surface area contributed by atoms with Crippen molar-refractivity contribution < 1.29 is 6.22 Å². The summed E-state index contributed by atoms with van der Waals surface area (Å²) in [6.45, 7) is 8.01. The van der Waals surface area contributed by atoms with Gasteiger partial charge in [0.05, 0.1) is 11.4 Å². The molecule has 1 N–H and O–H groups in total. The molecule has 0 aliphatic carbocycles. The second-order valence-electron chi connectivity index (χ2n) is 5.24. The molecule has 0 unspecified atom stereocenters. The number of rotatable bonds is 8. The first-order valence-electron chi connectivity index (χ1n) is 8.40. The van der Waals surface area contributed by atoms with Gasteiger partial charge in [0, 0.05) is 20.5 Å². The Labute approximate surface area is 146 Å². The molecule has 2 aromatic rings. The smallest absolute Gasteiger partial charge is 0.176 e. The lowest BCUT2D eigenvalue weighted by molar-refractivity contribution is -0.113. The maximum atomic E-state index is 12.0. The number of hydrogen-bond donors (Lipinski definition) is 1. The lowest BCUT2D eigenvalue weighted by Crippen LogP contribution is -2.15. The monoisotopic (exact) mass is 324 g/mol. The molecule has 3 heteroatoms. The average molecular weight is 324 g/mol. The maximum Gasteiger partial charge on any atom is 0.176 e. The van der Waals surface area contributed by atoms with E-state index in [2.05, 4.69) is 11.6 Å². The van der Waals surface area contributed by atoms with E-state index in [0.29, 0.717) is 19.3 Å². The van der Waals surface area contributed by atoms with Crippen LogP contribution < -0.4 is 0 Å². The third-order valence-electron chi connectivity index (χ3n) is 3.47. The van der Waals surface area contributed by atoms with E-state index in [-0.39, 0.29) is 12.9 Å². The van der Waals surface area contributed by atoms with Gasteiger partial charge in [-0.15, -0.1) is 0 Å². The molecule has 0 bridgehead atoms. The highest BCUT2D eigenvalue weighted by molar-refractivity contribution is 6.39. The van der Waals surface area contributed by atoms with Gasteiger partial charge in [-0.2, -0.15) is 0 Å². The van der Waals surface area contributed by atoms with Gasteiger partial charge in [-0.25, -0.2) is 0 Å². The summed E-state index contributed by atoms with van der Waals surface area (Å²) in [5.41, 5.74) is 2.98. The number of aromatic nitrogens is 1. The van der Waals surface area contributed by atoms with Crippen LogP contribution in [0.3, 0.4) is 0 Å². The number of allylic oxidation sites excluding steroid dienone is 1. The Morgan fingerprint density at radius 3 is 2.38 bits per heavy atom. The number of nitrogens with one attached hydrogen (secondary N) is 1. The summed E-state index contributed by atoms with van der Waals surface area (Å²) in [7, 11) is 0. The van der Waals surface area contributed by atoms with E-state index in [1.54, 1.807) is 6.20 Å². The molecule has 1 aromatic heterocycles. The molecule has 24 heavy (non-hydrogen) atoms.